The molecule has 1 atom stereocenters. The second-order valence-corrected chi connectivity index (χ2v) is 4.75. The summed E-state index contributed by atoms with van der Waals surface area (Å²) in [5.41, 5.74) is 11.5. The highest BCUT2D eigenvalue weighted by Crippen LogP contribution is 2.20. The molecule has 0 aliphatic rings. The van der Waals surface area contributed by atoms with Crippen molar-refractivity contribution in [1.82, 2.24) is 4.98 Å². The molecular weight excluding hydrogens is 216 g/mol. The molecule has 1 heterocycles. The largest absolute Gasteiger partial charge is 0.330 e. The third-order valence-electron chi connectivity index (χ3n) is 2.74. The van der Waals surface area contributed by atoms with E-state index in [9.17, 15) is 0 Å². The van der Waals surface area contributed by atoms with Crippen molar-refractivity contribution >= 4 is 11.3 Å². The van der Waals surface area contributed by atoms with Crippen LogP contribution in [-0.2, 0) is 6.42 Å². The normalized spacial score (nSPS) is 12.6. The zero-order valence-corrected chi connectivity index (χ0v) is 10.2. The molecule has 0 bridgehead atoms. The first-order chi connectivity index (χ1) is 7.79. The molecule has 0 fully saturated rings. The average Bonchev–Trinajstić information content (AvgIpc) is 2.78. The third-order valence-corrected chi connectivity index (χ3v) is 3.37. The Balaban J connectivity index is 2.16. The summed E-state index contributed by atoms with van der Waals surface area (Å²) in [6, 6.07) is 8.56. The average molecular weight is 232 g/mol. The Morgan fingerprint density at radius 3 is 2.94 bits per heavy atom. The monoisotopic (exact) mass is 232 g/mol. The van der Waals surface area contributed by atoms with Crippen molar-refractivity contribution in [1.29, 1.82) is 0 Å². The van der Waals surface area contributed by atoms with Gasteiger partial charge in [-0.2, -0.15) is 0 Å². The predicted octanol–water partition coefficient (Wildman–Crippen LogP) is 2.74. The maximum atomic E-state index is 5.85. The fraction of sp³-hybridized carbons (Fsp3) is 0.308. The quantitative estimate of drug-likeness (QED) is 0.880. The van der Waals surface area contributed by atoms with Gasteiger partial charge in [-0.3, -0.25) is 0 Å². The van der Waals surface area contributed by atoms with Crippen LogP contribution in [0.4, 0.5) is 0 Å². The lowest BCUT2D eigenvalue weighted by Crippen LogP contribution is -2.15. The van der Waals surface area contributed by atoms with Crippen molar-refractivity contribution in [3.8, 4) is 0 Å². The molecule has 2 aromatic rings. The van der Waals surface area contributed by atoms with Crippen LogP contribution >= 0.6 is 11.3 Å². The second-order valence-electron chi connectivity index (χ2n) is 4.03. The maximum Gasteiger partial charge on any atom is 0.0794 e. The first-order valence-corrected chi connectivity index (χ1v) is 6.37. The van der Waals surface area contributed by atoms with Crippen LogP contribution < -0.4 is 5.73 Å². The van der Waals surface area contributed by atoms with Crippen LogP contribution in [0.15, 0.2) is 35.2 Å². The second kappa shape index (κ2) is 5.23. The molecule has 1 aromatic carbocycles. The summed E-state index contributed by atoms with van der Waals surface area (Å²) in [5, 5.41) is 2.10. The molecule has 2 nitrogen and oxygen atoms in total. The summed E-state index contributed by atoms with van der Waals surface area (Å²) in [7, 11) is 0. The summed E-state index contributed by atoms with van der Waals surface area (Å²) < 4.78 is 0. The van der Waals surface area contributed by atoms with Gasteiger partial charge in [0.1, 0.15) is 0 Å². The Hall–Kier alpha value is -1.19. The van der Waals surface area contributed by atoms with E-state index in [1.807, 2.05) is 5.51 Å². The lowest BCUT2D eigenvalue weighted by molar-refractivity contribution is 0.684. The summed E-state index contributed by atoms with van der Waals surface area (Å²) in [6.07, 6.45) is 0.934. The van der Waals surface area contributed by atoms with Gasteiger partial charge in [0.15, 0.2) is 0 Å². The minimum atomic E-state index is 0.377. The summed E-state index contributed by atoms with van der Waals surface area (Å²) in [4.78, 5) is 4.31. The summed E-state index contributed by atoms with van der Waals surface area (Å²) in [5.74, 6) is 0.377. The lowest BCUT2D eigenvalue weighted by Gasteiger charge is -2.14. The number of hydrogen-bond acceptors (Lipinski definition) is 3. The van der Waals surface area contributed by atoms with Crippen LogP contribution in [0.3, 0.4) is 0 Å². The SMILES string of the molecule is Cc1cccc(C(CN)Cc2cscn2)c1. The molecular formula is C13H16N2S. The van der Waals surface area contributed by atoms with Gasteiger partial charge in [0.2, 0.25) is 0 Å². The van der Waals surface area contributed by atoms with Crippen molar-refractivity contribution < 1.29 is 0 Å². The zero-order chi connectivity index (χ0) is 11.4. The molecule has 2 rings (SSSR count). The van der Waals surface area contributed by atoms with Gasteiger partial charge in [0, 0.05) is 11.3 Å². The molecule has 3 heteroatoms. The van der Waals surface area contributed by atoms with E-state index < -0.39 is 0 Å². The van der Waals surface area contributed by atoms with E-state index in [2.05, 4.69) is 41.6 Å². The van der Waals surface area contributed by atoms with Crippen molar-refractivity contribution in [2.45, 2.75) is 19.3 Å². The number of aryl methyl sites for hydroxylation is 1. The van der Waals surface area contributed by atoms with E-state index in [0.29, 0.717) is 12.5 Å². The first-order valence-electron chi connectivity index (χ1n) is 5.43. The minimum absolute atomic E-state index is 0.377. The number of thiazole rings is 1. The summed E-state index contributed by atoms with van der Waals surface area (Å²) >= 11 is 1.64. The molecule has 2 N–H and O–H groups in total. The highest BCUT2D eigenvalue weighted by atomic mass is 32.1. The van der Waals surface area contributed by atoms with E-state index >= 15 is 0 Å². The predicted molar refractivity (Wildman–Crippen MR) is 68.8 cm³/mol. The van der Waals surface area contributed by atoms with E-state index in [0.717, 1.165) is 12.1 Å². The molecule has 1 unspecified atom stereocenters. The highest BCUT2D eigenvalue weighted by Gasteiger charge is 2.11. The number of hydrogen-bond donors (Lipinski definition) is 1. The van der Waals surface area contributed by atoms with Crippen molar-refractivity contribution in [3.05, 3.63) is 52.0 Å². The topological polar surface area (TPSA) is 38.9 Å². The van der Waals surface area contributed by atoms with Crippen LogP contribution in [-0.4, -0.2) is 11.5 Å². The van der Waals surface area contributed by atoms with E-state index in [1.165, 1.54) is 11.1 Å². The number of aromatic nitrogens is 1. The van der Waals surface area contributed by atoms with Crippen LogP contribution in [0.25, 0.3) is 0 Å². The zero-order valence-electron chi connectivity index (χ0n) is 9.39. The van der Waals surface area contributed by atoms with Gasteiger partial charge in [0.05, 0.1) is 11.2 Å². The van der Waals surface area contributed by atoms with Crippen LogP contribution in [0, 0.1) is 6.92 Å². The number of benzene rings is 1. The molecule has 0 spiro atoms. The van der Waals surface area contributed by atoms with Gasteiger partial charge in [-0.05, 0) is 25.5 Å². The highest BCUT2D eigenvalue weighted by molar-refractivity contribution is 7.07. The molecule has 0 saturated heterocycles. The van der Waals surface area contributed by atoms with Gasteiger partial charge >= 0.3 is 0 Å². The van der Waals surface area contributed by atoms with Gasteiger partial charge in [0.25, 0.3) is 0 Å². The molecule has 0 radical (unpaired) electrons. The van der Waals surface area contributed by atoms with Gasteiger partial charge in [-0.25, -0.2) is 4.98 Å². The lowest BCUT2D eigenvalue weighted by atomic mass is 9.93. The van der Waals surface area contributed by atoms with Crippen LogP contribution in [0.2, 0.25) is 0 Å². The maximum absolute atomic E-state index is 5.85. The minimum Gasteiger partial charge on any atom is -0.330 e. The smallest absolute Gasteiger partial charge is 0.0794 e. The Kier molecular flexibility index (Phi) is 3.70. The van der Waals surface area contributed by atoms with Gasteiger partial charge in [-0.1, -0.05) is 29.8 Å². The number of nitrogens with two attached hydrogens (primary N) is 1. The fourth-order valence-electron chi connectivity index (χ4n) is 1.85. The Bertz CT molecular complexity index is 437. The van der Waals surface area contributed by atoms with Crippen LogP contribution in [0.5, 0.6) is 0 Å². The molecule has 0 saturated carbocycles. The molecule has 84 valence electrons. The molecule has 0 aliphatic heterocycles. The molecule has 0 amide bonds. The van der Waals surface area contributed by atoms with E-state index in [-0.39, 0.29) is 0 Å². The molecule has 16 heavy (non-hydrogen) atoms. The Morgan fingerprint density at radius 2 is 2.31 bits per heavy atom. The Morgan fingerprint density at radius 1 is 1.44 bits per heavy atom. The first kappa shape index (κ1) is 11.3. The number of rotatable bonds is 4. The van der Waals surface area contributed by atoms with E-state index in [1.54, 1.807) is 11.3 Å². The van der Waals surface area contributed by atoms with Crippen molar-refractivity contribution in [3.63, 3.8) is 0 Å². The molecule has 1 aromatic heterocycles. The standard InChI is InChI=1S/C13H16N2S/c1-10-3-2-4-11(5-10)12(7-14)6-13-8-16-9-15-13/h2-5,8-9,12H,6-7,14H2,1H3. The van der Waals surface area contributed by atoms with Crippen molar-refractivity contribution in [2.75, 3.05) is 6.54 Å². The number of nitrogens with zero attached hydrogens (tertiary/aromatic N) is 1. The molecule has 0 aliphatic carbocycles. The Labute approximate surface area is 100 Å². The fourth-order valence-corrected chi connectivity index (χ4v) is 2.42. The van der Waals surface area contributed by atoms with Gasteiger partial charge < -0.3 is 5.73 Å². The third kappa shape index (κ3) is 2.68. The van der Waals surface area contributed by atoms with Crippen molar-refractivity contribution in [2.24, 2.45) is 5.73 Å². The van der Waals surface area contributed by atoms with Crippen LogP contribution in [0.1, 0.15) is 22.7 Å². The van der Waals surface area contributed by atoms with E-state index in [4.69, 9.17) is 5.73 Å². The summed E-state index contributed by atoms with van der Waals surface area (Å²) in [6.45, 7) is 2.78. The van der Waals surface area contributed by atoms with Gasteiger partial charge in [-0.15, -0.1) is 11.3 Å².